The van der Waals surface area contributed by atoms with Crippen LogP contribution in [-0.2, 0) is 6.54 Å². The minimum absolute atomic E-state index is 0.0620. The number of fused-ring (bicyclic) bond motifs is 1. The molecule has 146 valence electrons. The van der Waals surface area contributed by atoms with Gasteiger partial charge in [-0.2, -0.15) is 5.26 Å². The molecule has 0 atom stereocenters. The monoisotopic (exact) mass is 395 g/mol. The Morgan fingerprint density at radius 3 is 2.33 bits per heavy atom. The standard InChI is InChI=1S/C25H17FN2O2/c26-22-11-5-17(6-12-22)15-28-16-21(23-3-1-2-4-24(23)28)13-20(14-27)18-7-9-19(10-8-18)25(29)30/h1-13,16H,15H2,(H,29,30)/p-1/b20-13+. The van der Waals surface area contributed by atoms with Crippen molar-refractivity contribution in [1.29, 1.82) is 5.26 Å². The Morgan fingerprint density at radius 1 is 1.00 bits per heavy atom. The third-order valence-corrected chi connectivity index (χ3v) is 4.94. The average Bonchev–Trinajstić information content (AvgIpc) is 3.11. The largest absolute Gasteiger partial charge is 0.545 e. The number of aromatic nitrogens is 1. The van der Waals surface area contributed by atoms with E-state index in [0.717, 1.165) is 22.0 Å². The lowest BCUT2D eigenvalue weighted by Gasteiger charge is -2.05. The fourth-order valence-corrected chi connectivity index (χ4v) is 3.43. The van der Waals surface area contributed by atoms with E-state index in [1.54, 1.807) is 30.3 Å². The van der Waals surface area contributed by atoms with Crippen molar-refractivity contribution in [3.05, 3.63) is 107 Å². The number of nitriles is 1. The van der Waals surface area contributed by atoms with Crippen LogP contribution >= 0.6 is 0 Å². The number of carboxylic acids is 1. The number of rotatable bonds is 5. The van der Waals surface area contributed by atoms with E-state index < -0.39 is 5.97 Å². The predicted molar refractivity (Wildman–Crippen MR) is 112 cm³/mol. The van der Waals surface area contributed by atoms with E-state index in [0.29, 0.717) is 17.7 Å². The third-order valence-electron chi connectivity index (χ3n) is 4.94. The Labute approximate surface area is 172 Å². The van der Waals surface area contributed by atoms with Crippen LogP contribution in [0.1, 0.15) is 27.0 Å². The summed E-state index contributed by atoms with van der Waals surface area (Å²) in [7, 11) is 0. The zero-order chi connectivity index (χ0) is 21.1. The first kappa shape index (κ1) is 19.2. The van der Waals surface area contributed by atoms with Crippen molar-refractivity contribution in [2.24, 2.45) is 0 Å². The van der Waals surface area contributed by atoms with E-state index in [9.17, 15) is 19.6 Å². The molecule has 0 saturated heterocycles. The normalized spacial score (nSPS) is 11.4. The Bertz CT molecular complexity index is 1290. The van der Waals surface area contributed by atoms with Gasteiger partial charge in [0.05, 0.1) is 17.6 Å². The van der Waals surface area contributed by atoms with E-state index in [1.165, 1.54) is 24.3 Å². The molecule has 0 aliphatic heterocycles. The van der Waals surface area contributed by atoms with Crippen molar-refractivity contribution in [3.63, 3.8) is 0 Å². The molecule has 0 spiro atoms. The van der Waals surface area contributed by atoms with Gasteiger partial charge >= 0.3 is 0 Å². The van der Waals surface area contributed by atoms with Gasteiger partial charge in [0.2, 0.25) is 0 Å². The van der Waals surface area contributed by atoms with E-state index in [2.05, 4.69) is 10.6 Å². The molecular weight excluding hydrogens is 379 g/mol. The Balaban J connectivity index is 1.75. The molecule has 1 aromatic heterocycles. The van der Waals surface area contributed by atoms with E-state index >= 15 is 0 Å². The molecule has 3 aromatic carbocycles. The van der Waals surface area contributed by atoms with Gasteiger partial charge in [0.15, 0.2) is 0 Å². The van der Waals surface area contributed by atoms with Crippen LogP contribution in [0.5, 0.6) is 0 Å². The topological polar surface area (TPSA) is 68.8 Å². The highest BCUT2D eigenvalue weighted by Crippen LogP contribution is 2.27. The van der Waals surface area contributed by atoms with Crippen LogP contribution < -0.4 is 5.11 Å². The smallest absolute Gasteiger partial charge is 0.123 e. The van der Waals surface area contributed by atoms with Gasteiger partial charge in [-0.15, -0.1) is 0 Å². The molecule has 0 bridgehead atoms. The first-order chi connectivity index (χ1) is 14.5. The highest BCUT2D eigenvalue weighted by Gasteiger charge is 2.09. The molecule has 5 heteroatoms. The summed E-state index contributed by atoms with van der Waals surface area (Å²) >= 11 is 0. The number of halogens is 1. The summed E-state index contributed by atoms with van der Waals surface area (Å²) in [5.74, 6) is -1.53. The van der Waals surface area contributed by atoms with Gasteiger partial charge in [0.25, 0.3) is 0 Å². The average molecular weight is 395 g/mol. The summed E-state index contributed by atoms with van der Waals surface area (Å²) in [5, 5.41) is 21.6. The van der Waals surface area contributed by atoms with Crippen LogP contribution in [0.3, 0.4) is 0 Å². The molecule has 0 aliphatic carbocycles. The molecule has 4 aromatic rings. The van der Waals surface area contributed by atoms with Gasteiger partial charge in [-0.3, -0.25) is 0 Å². The van der Waals surface area contributed by atoms with Crippen LogP contribution in [0.15, 0.2) is 79.0 Å². The molecule has 4 rings (SSSR count). The minimum atomic E-state index is -1.26. The lowest BCUT2D eigenvalue weighted by atomic mass is 10.0. The van der Waals surface area contributed by atoms with Crippen LogP contribution in [0.2, 0.25) is 0 Å². The molecule has 0 N–H and O–H groups in total. The van der Waals surface area contributed by atoms with E-state index in [1.807, 2.05) is 30.5 Å². The fraction of sp³-hybridized carbons (Fsp3) is 0.0400. The second-order valence-corrected chi connectivity index (χ2v) is 6.89. The van der Waals surface area contributed by atoms with Gasteiger partial charge in [0.1, 0.15) is 5.82 Å². The Morgan fingerprint density at radius 2 is 1.67 bits per heavy atom. The summed E-state index contributed by atoms with van der Waals surface area (Å²) < 4.78 is 15.3. The highest BCUT2D eigenvalue weighted by atomic mass is 19.1. The summed E-state index contributed by atoms with van der Waals surface area (Å²) in [4.78, 5) is 10.9. The second kappa shape index (κ2) is 8.06. The molecule has 0 amide bonds. The number of allylic oxidation sites excluding steroid dienone is 1. The summed E-state index contributed by atoms with van der Waals surface area (Å²) in [6.07, 6.45) is 3.75. The highest BCUT2D eigenvalue weighted by molar-refractivity contribution is 5.98. The molecule has 0 fully saturated rings. The van der Waals surface area contributed by atoms with E-state index in [-0.39, 0.29) is 11.4 Å². The lowest BCUT2D eigenvalue weighted by Crippen LogP contribution is -2.21. The van der Waals surface area contributed by atoms with Crippen molar-refractivity contribution in [2.45, 2.75) is 6.54 Å². The number of carbonyl (C=O) groups is 1. The van der Waals surface area contributed by atoms with Crippen molar-refractivity contribution in [2.75, 3.05) is 0 Å². The molecule has 0 unspecified atom stereocenters. The number of aromatic carboxylic acids is 1. The first-order valence-corrected chi connectivity index (χ1v) is 9.31. The van der Waals surface area contributed by atoms with Crippen LogP contribution in [0, 0.1) is 17.1 Å². The van der Waals surface area contributed by atoms with Crippen LogP contribution in [0.25, 0.3) is 22.6 Å². The van der Waals surface area contributed by atoms with Crippen molar-refractivity contribution in [3.8, 4) is 6.07 Å². The third kappa shape index (κ3) is 3.85. The Hall–Kier alpha value is -4.17. The van der Waals surface area contributed by atoms with Crippen molar-refractivity contribution < 1.29 is 14.3 Å². The van der Waals surface area contributed by atoms with Gasteiger partial charge in [-0.05, 0) is 41.0 Å². The first-order valence-electron chi connectivity index (χ1n) is 9.31. The van der Waals surface area contributed by atoms with Crippen molar-refractivity contribution >= 4 is 28.5 Å². The summed E-state index contributed by atoms with van der Waals surface area (Å²) in [6, 6.07) is 22.5. The number of hydrogen-bond acceptors (Lipinski definition) is 3. The molecule has 0 aliphatic rings. The fourth-order valence-electron chi connectivity index (χ4n) is 3.43. The predicted octanol–water partition coefficient (Wildman–Crippen LogP) is 4.26. The maximum absolute atomic E-state index is 13.2. The SMILES string of the molecule is N#C/C(=C\c1cn(Cc2ccc(F)cc2)c2ccccc12)c1ccc(C(=O)[O-])cc1. The molecule has 0 radical (unpaired) electrons. The second-order valence-electron chi connectivity index (χ2n) is 6.89. The zero-order valence-corrected chi connectivity index (χ0v) is 15.9. The van der Waals surface area contributed by atoms with Gasteiger partial charge in [-0.1, -0.05) is 54.6 Å². The van der Waals surface area contributed by atoms with Crippen LogP contribution in [0.4, 0.5) is 4.39 Å². The minimum Gasteiger partial charge on any atom is -0.545 e. The molecular formula is C25H16FN2O2-. The molecule has 0 saturated carbocycles. The lowest BCUT2D eigenvalue weighted by molar-refractivity contribution is -0.255. The quantitative estimate of drug-likeness (QED) is 0.474. The van der Waals surface area contributed by atoms with Gasteiger partial charge < -0.3 is 14.5 Å². The Kier molecular flexibility index (Phi) is 5.15. The van der Waals surface area contributed by atoms with E-state index in [4.69, 9.17) is 0 Å². The van der Waals surface area contributed by atoms with Crippen LogP contribution in [-0.4, -0.2) is 10.5 Å². The molecule has 1 heterocycles. The number of para-hydroxylation sites is 1. The maximum Gasteiger partial charge on any atom is 0.123 e. The number of carboxylic acid groups (broad SMARTS) is 1. The number of carbonyl (C=O) groups excluding carboxylic acids is 1. The molecule has 4 nitrogen and oxygen atoms in total. The summed E-state index contributed by atoms with van der Waals surface area (Å²) in [6.45, 7) is 0.566. The van der Waals surface area contributed by atoms with Gasteiger partial charge in [0, 0.05) is 29.2 Å². The number of benzene rings is 3. The number of hydrogen-bond donors (Lipinski definition) is 0. The van der Waals surface area contributed by atoms with Crippen molar-refractivity contribution in [1.82, 2.24) is 4.57 Å². The zero-order valence-electron chi connectivity index (χ0n) is 15.9. The van der Waals surface area contributed by atoms with Gasteiger partial charge in [-0.25, -0.2) is 4.39 Å². The number of nitrogens with zero attached hydrogens (tertiary/aromatic N) is 2. The molecule has 30 heavy (non-hydrogen) atoms. The maximum atomic E-state index is 13.2. The summed E-state index contributed by atoms with van der Waals surface area (Å²) in [5.41, 5.74) is 3.94.